The van der Waals surface area contributed by atoms with Crippen molar-refractivity contribution >= 4 is 17.4 Å². The first kappa shape index (κ1) is 19.0. The molecule has 2 fully saturated rings. The third kappa shape index (κ3) is 3.84. The van der Waals surface area contributed by atoms with Crippen LogP contribution < -0.4 is 16.2 Å². The summed E-state index contributed by atoms with van der Waals surface area (Å²) in [6.07, 6.45) is 11.1. The van der Waals surface area contributed by atoms with E-state index in [4.69, 9.17) is 0 Å². The molecule has 0 radical (unpaired) electrons. The molecule has 0 aliphatic heterocycles. The van der Waals surface area contributed by atoms with Gasteiger partial charge in [-0.05, 0) is 73.9 Å². The zero-order chi connectivity index (χ0) is 21.5. The average Bonchev–Trinajstić information content (AvgIpc) is 3.45. The maximum atomic E-state index is 12.0. The quantitative estimate of drug-likeness (QED) is 0.489. The molecule has 0 amide bonds. The minimum atomic E-state index is -0.0657. The molecular weight excluding hydrogens is 402 g/mol. The molecule has 162 valence electrons. The van der Waals surface area contributed by atoms with Gasteiger partial charge in [0.2, 0.25) is 5.95 Å². The predicted molar refractivity (Wildman–Crippen MR) is 123 cm³/mol. The summed E-state index contributed by atoms with van der Waals surface area (Å²) >= 11 is 0. The molecule has 0 saturated heterocycles. The van der Waals surface area contributed by atoms with Gasteiger partial charge in [0.15, 0.2) is 5.65 Å². The number of hydrogen-bond donors (Lipinski definition) is 2. The van der Waals surface area contributed by atoms with E-state index in [1.165, 1.54) is 18.4 Å². The molecule has 32 heavy (non-hydrogen) atoms. The highest BCUT2D eigenvalue weighted by molar-refractivity contribution is 5.47. The Kier molecular flexibility index (Phi) is 4.63. The maximum absolute atomic E-state index is 12.0. The fourth-order valence-electron chi connectivity index (χ4n) is 4.52. The number of fused-ring (bicyclic) bond motifs is 1. The van der Waals surface area contributed by atoms with E-state index in [1.54, 1.807) is 29.1 Å². The van der Waals surface area contributed by atoms with Crippen molar-refractivity contribution in [2.75, 3.05) is 10.6 Å². The molecule has 6 rings (SSSR count). The first-order valence-electron chi connectivity index (χ1n) is 11.2. The third-order valence-corrected chi connectivity index (χ3v) is 6.38. The van der Waals surface area contributed by atoms with Gasteiger partial charge < -0.3 is 10.6 Å². The fraction of sp³-hybridized carbons (Fsp3) is 0.333. The lowest BCUT2D eigenvalue weighted by atomic mass is 10.2. The van der Waals surface area contributed by atoms with E-state index >= 15 is 0 Å². The molecule has 8 nitrogen and oxygen atoms in total. The summed E-state index contributed by atoms with van der Waals surface area (Å²) in [5, 5.41) is 11.6. The van der Waals surface area contributed by atoms with Gasteiger partial charge in [0.1, 0.15) is 5.82 Å². The lowest BCUT2D eigenvalue weighted by Crippen LogP contribution is -2.21. The second kappa shape index (κ2) is 7.78. The van der Waals surface area contributed by atoms with Crippen molar-refractivity contribution in [3.63, 3.8) is 0 Å². The van der Waals surface area contributed by atoms with Gasteiger partial charge in [-0.15, -0.1) is 5.10 Å². The van der Waals surface area contributed by atoms with E-state index in [0.717, 1.165) is 36.4 Å². The van der Waals surface area contributed by atoms with E-state index in [9.17, 15) is 4.79 Å². The van der Waals surface area contributed by atoms with Crippen LogP contribution in [0.2, 0.25) is 0 Å². The van der Waals surface area contributed by atoms with Crippen LogP contribution in [0.3, 0.4) is 0 Å². The topological polar surface area (TPSA) is 89.1 Å². The Bertz CT molecular complexity index is 1310. The first-order chi connectivity index (χ1) is 15.7. The summed E-state index contributed by atoms with van der Waals surface area (Å²) in [6.45, 7) is 0. The van der Waals surface area contributed by atoms with Crippen LogP contribution in [-0.4, -0.2) is 36.2 Å². The number of hydrogen-bond acceptors (Lipinski definition) is 6. The van der Waals surface area contributed by atoms with Crippen molar-refractivity contribution in [3.05, 3.63) is 77.0 Å². The fourth-order valence-corrected chi connectivity index (χ4v) is 4.52. The van der Waals surface area contributed by atoms with E-state index < -0.39 is 0 Å². The van der Waals surface area contributed by atoms with Gasteiger partial charge >= 0.3 is 0 Å². The van der Waals surface area contributed by atoms with Crippen LogP contribution in [0.25, 0.3) is 11.3 Å². The minimum absolute atomic E-state index is 0.0657. The van der Waals surface area contributed by atoms with Crippen molar-refractivity contribution in [1.82, 2.24) is 24.1 Å². The number of anilines is 2. The molecule has 4 aromatic rings. The van der Waals surface area contributed by atoms with Crippen LogP contribution in [0.15, 0.2) is 65.8 Å². The zero-order valence-corrected chi connectivity index (χ0v) is 17.7. The second-order valence-electron chi connectivity index (χ2n) is 8.78. The summed E-state index contributed by atoms with van der Waals surface area (Å²) in [5.74, 6) is 2.23. The Hall–Kier alpha value is -3.68. The van der Waals surface area contributed by atoms with Gasteiger partial charge in [-0.3, -0.25) is 9.36 Å². The highest BCUT2D eigenvalue weighted by atomic mass is 16.1. The zero-order valence-electron chi connectivity index (χ0n) is 17.7. The Morgan fingerprint density at radius 1 is 0.938 bits per heavy atom. The molecule has 2 saturated carbocycles. The largest absolute Gasteiger partial charge is 0.367 e. The van der Waals surface area contributed by atoms with E-state index in [0.29, 0.717) is 23.9 Å². The molecule has 0 aromatic carbocycles. The molecule has 2 aliphatic carbocycles. The molecule has 2 aliphatic rings. The van der Waals surface area contributed by atoms with Crippen LogP contribution in [0, 0.1) is 0 Å². The summed E-state index contributed by atoms with van der Waals surface area (Å²) in [7, 11) is 0. The number of nitrogens with zero attached hydrogens (tertiary/aromatic N) is 5. The molecule has 2 N–H and O–H groups in total. The number of aromatic nitrogens is 5. The number of pyridine rings is 3. The van der Waals surface area contributed by atoms with Gasteiger partial charge in [0, 0.05) is 30.5 Å². The molecular formula is C24H25N7O. The Morgan fingerprint density at radius 3 is 2.59 bits per heavy atom. The number of rotatable bonds is 6. The van der Waals surface area contributed by atoms with Crippen molar-refractivity contribution < 1.29 is 0 Å². The Balaban J connectivity index is 1.08. The van der Waals surface area contributed by atoms with E-state index in [-0.39, 0.29) is 5.56 Å². The molecule has 4 aromatic heterocycles. The molecule has 0 bridgehead atoms. The Labute approximate surface area is 185 Å². The molecule has 0 spiro atoms. The molecule has 2 atom stereocenters. The number of nitrogens with one attached hydrogen (secondary N) is 2. The van der Waals surface area contributed by atoms with E-state index in [1.807, 2.05) is 28.9 Å². The monoisotopic (exact) mass is 427 g/mol. The summed E-state index contributed by atoms with van der Waals surface area (Å²) in [6, 6.07) is 13.9. The van der Waals surface area contributed by atoms with Crippen LogP contribution in [-0.2, 0) is 0 Å². The van der Waals surface area contributed by atoms with Gasteiger partial charge in [-0.1, -0.05) is 6.07 Å². The van der Waals surface area contributed by atoms with Crippen molar-refractivity contribution in [2.45, 2.75) is 50.1 Å². The molecule has 8 heteroatoms. The van der Waals surface area contributed by atoms with Gasteiger partial charge in [0.25, 0.3) is 5.56 Å². The lowest BCUT2D eigenvalue weighted by Gasteiger charge is -2.15. The minimum Gasteiger partial charge on any atom is -0.367 e. The summed E-state index contributed by atoms with van der Waals surface area (Å²) in [5.41, 5.74) is 2.97. The Morgan fingerprint density at radius 2 is 1.81 bits per heavy atom. The van der Waals surface area contributed by atoms with Crippen molar-refractivity contribution in [1.29, 1.82) is 0 Å². The second-order valence-corrected chi connectivity index (χ2v) is 8.78. The first-order valence-corrected chi connectivity index (χ1v) is 11.2. The molecule has 2 unspecified atom stereocenters. The van der Waals surface area contributed by atoms with Crippen LogP contribution in [0.5, 0.6) is 0 Å². The average molecular weight is 428 g/mol. The van der Waals surface area contributed by atoms with Crippen molar-refractivity contribution in [2.24, 2.45) is 0 Å². The lowest BCUT2D eigenvalue weighted by molar-refractivity contribution is 0.716. The smallest absolute Gasteiger partial charge is 0.255 e. The highest BCUT2D eigenvalue weighted by Gasteiger charge is 2.26. The van der Waals surface area contributed by atoms with Gasteiger partial charge in [-0.25, -0.2) is 9.50 Å². The van der Waals surface area contributed by atoms with Gasteiger partial charge in [0.05, 0.1) is 11.9 Å². The normalized spacial score (nSPS) is 20.5. The third-order valence-electron chi connectivity index (χ3n) is 6.38. The van der Waals surface area contributed by atoms with Crippen LogP contribution in [0.4, 0.5) is 11.8 Å². The van der Waals surface area contributed by atoms with Crippen molar-refractivity contribution in [3.8, 4) is 5.69 Å². The van der Waals surface area contributed by atoms with Gasteiger partial charge in [-0.2, -0.15) is 4.98 Å². The van der Waals surface area contributed by atoms with E-state index in [2.05, 4.69) is 37.8 Å². The standard InChI is InChI=1S/C24H25N7O/c32-23-3-1-2-11-30(23)20-8-9-21(25-15-20)26-18-6-7-19(14-18)27-24-28-22-13-17(16-4-5-16)10-12-31(22)29-24/h1-3,8-13,15-16,18-19H,4-7,14H2,(H,25,26)(H,27,29). The maximum Gasteiger partial charge on any atom is 0.255 e. The molecule has 4 heterocycles. The predicted octanol–water partition coefficient (Wildman–Crippen LogP) is 3.60. The van der Waals surface area contributed by atoms with Crippen LogP contribution in [0.1, 0.15) is 43.6 Å². The highest BCUT2D eigenvalue weighted by Crippen LogP contribution is 2.40. The SMILES string of the molecule is O=c1ccccn1-c1ccc(NC2CCC(Nc3nc4cc(C5CC5)ccn4n3)C2)nc1. The summed E-state index contributed by atoms with van der Waals surface area (Å²) < 4.78 is 3.43. The summed E-state index contributed by atoms with van der Waals surface area (Å²) in [4.78, 5) is 21.2. The van der Waals surface area contributed by atoms with Crippen LogP contribution >= 0.6 is 0 Å².